The van der Waals surface area contributed by atoms with E-state index in [0.717, 1.165) is 12.6 Å². The predicted molar refractivity (Wildman–Crippen MR) is 86.3 cm³/mol. The molecule has 23 heavy (non-hydrogen) atoms. The summed E-state index contributed by atoms with van der Waals surface area (Å²) in [6.07, 6.45) is 0. The molecule has 0 atom stereocenters. The third kappa shape index (κ3) is 5.45. The first-order valence-electron chi connectivity index (χ1n) is 7.09. The van der Waals surface area contributed by atoms with Crippen molar-refractivity contribution in [3.05, 3.63) is 28.3 Å². The van der Waals surface area contributed by atoms with Crippen molar-refractivity contribution in [1.82, 2.24) is 4.72 Å². The van der Waals surface area contributed by atoms with E-state index in [0.29, 0.717) is 0 Å². The van der Waals surface area contributed by atoms with E-state index in [4.69, 9.17) is 4.74 Å². The van der Waals surface area contributed by atoms with Crippen molar-refractivity contribution >= 4 is 15.7 Å². The van der Waals surface area contributed by atoms with Gasteiger partial charge < -0.3 is 9.64 Å². The van der Waals surface area contributed by atoms with Crippen LogP contribution in [0.4, 0.5) is 5.69 Å². The first-order valence-corrected chi connectivity index (χ1v) is 8.58. The molecule has 130 valence electrons. The molecule has 0 aliphatic heterocycles. The molecule has 0 radical (unpaired) electrons. The summed E-state index contributed by atoms with van der Waals surface area (Å²) >= 11 is 0. The van der Waals surface area contributed by atoms with E-state index in [1.165, 1.54) is 24.1 Å². The van der Waals surface area contributed by atoms with E-state index in [1.54, 1.807) is 0 Å². The molecular weight excluding hydrogens is 322 g/mol. The molecule has 0 amide bonds. The largest absolute Gasteiger partial charge is 0.490 e. The summed E-state index contributed by atoms with van der Waals surface area (Å²) in [6.45, 7) is 4.93. The van der Waals surface area contributed by atoms with Crippen LogP contribution in [-0.2, 0) is 10.0 Å². The average molecular weight is 346 g/mol. The summed E-state index contributed by atoms with van der Waals surface area (Å²) in [5.41, 5.74) is -0.628. The van der Waals surface area contributed by atoms with Crippen molar-refractivity contribution in [3.63, 3.8) is 0 Å². The molecule has 8 nitrogen and oxygen atoms in total. The fourth-order valence-corrected chi connectivity index (χ4v) is 3.63. The number of nitrogens with zero attached hydrogens (tertiary/aromatic N) is 1. The zero-order chi connectivity index (χ0) is 17.8. The third-order valence-electron chi connectivity index (χ3n) is 3.23. The maximum absolute atomic E-state index is 12.4. The third-order valence-corrected chi connectivity index (χ3v) is 4.63. The van der Waals surface area contributed by atoms with Gasteiger partial charge in [0.25, 0.3) is 0 Å². The normalized spacial score (nSPS) is 12.4. The number of quaternary nitrogens is 1. The van der Waals surface area contributed by atoms with Gasteiger partial charge in [-0.1, -0.05) is 13.8 Å². The van der Waals surface area contributed by atoms with Gasteiger partial charge in [-0.25, -0.2) is 13.1 Å². The molecular formula is C14H24N3O5S+. The maximum Gasteiger partial charge on any atom is 0.312 e. The number of rotatable bonds is 8. The number of nitro groups is 1. The molecule has 0 heterocycles. The first kappa shape index (κ1) is 19.3. The Bertz CT molecular complexity index is 671. The highest BCUT2D eigenvalue weighted by molar-refractivity contribution is 7.89. The highest BCUT2D eigenvalue weighted by Crippen LogP contribution is 2.29. The van der Waals surface area contributed by atoms with Gasteiger partial charge in [0.1, 0.15) is 0 Å². The van der Waals surface area contributed by atoms with Gasteiger partial charge in [0.2, 0.25) is 10.0 Å². The van der Waals surface area contributed by atoms with Crippen molar-refractivity contribution in [2.24, 2.45) is 5.41 Å². The number of methoxy groups -OCH3 is 1. The van der Waals surface area contributed by atoms with Crippen LogP contribution in [0, 0.1) is 15.5 Å². The lowest BCUT2D eigenvalue weighted by Crippen LogP contribution is -3.07. The second kappa shape index (κ2) is 7.24. The molecule has 0 spiro atoms. The smallest absolute Gasteiger partial charge is 0.312 e. The molecule has 1 rings (SSSR count). The topological polar surface area (TPSA) is 103 Å². The molecule has 1 aromatic rings. The summed E-state index contributed by atoms with van der Waals surface area (Å²) in [5, 5.41) is 11.0. The van der Waals surface area contributed by atoms with Crippen molar-refractivity contribution in [3.8, 4) is 5.75 Å². The standard InChI is InChI=1S/C14H23N3O5S/c1-14(2,10-16(3)4)9-15-23(20,21)11-6-7-13(22-5)12(8-11)17(18)19/h6-8,15H,9-10H2,1-5H3/p+1. The SMILES string of the molecule is COc1ccc(S(=O)(=O)NCC(C)(C)C[NH+](C)C)cc1[N+](=O)[O-]. The van der Waals surface area contributed by atoms with Crippen LogP contribution >= 0.6 is 0 Å². The van der Waals surface area contributed by atoms with Crippen LogP contribution in [0.1, 0.15) is 13.8 Å². The maximum atomic E-state index is 12.4. The van der Waals surface area contributed by atoms with Gasteiger partial charge in [0, 0.05) is 18.0 Å². The van der Waals surface area contributed by atoms with Crippen LogP contribution in [0.25, 0.3) is 0 Å². The van der Waals surface area contributed by atoms with Gasteiger partial charge in [-0.15, -0.1) is 0 Å². The number of nitro benzene ring substituents is 1. The number of sulfonamides is 1. The highest BCUT2D eigenvalue weighted by atomic mass is 32.2. The van der Waals surface area contributed by atoms with Gasteiger partial charge in [-0.2, -0.15) is 0 Å². The van der Waals surface area contributed by atoms with E-state index < -0.39 is 14.9 Å². The van der Waals surface area contributed by atoms with Crippen LogP contribution in [0.3, 0.4) is 0 Å². The Labute approximate surface area is 136 Å². The number of ether oxygens (including phenoxy) is 1. The molecule has 2 N–H and O–H groups in total. The van der Waals surface area contributed by atoms with Gasteiger partial charge in [-0.3, -0.25) is 10.1 Å². The van der Waals surface area contributed by atoms with Crippen molar-refractivity contribution in [2.45, 2.75) is 18.7 Å². The monoisotopic (exact) mass is 346 g/mol. The van der Waals surface area contributed by atoms with Crippen LogP contribution < -0.4 is 14.4 Å². The molecule has 0 aromatic heterocycles. The van der Waals surface area contributed by atoms with Crippen LogP contribution in [0.2, 0.25) is 0 Å². The molecule has 0 fully saturated rings. The zero-order valence-corrected chi connectivity index (χ0v) is 14.9. The molecule has 1 aromatic carbocycles. The van der Waals surface area contributed by atoms with Crippen molar-refractivity contribution in [2.75, 3.05) is 34.3 Å². The van der Waals surface area contributed by atoms with E-state index in [9.17, 15) is 18.5 Å². The highest BCUT2D eigenvalue weighted by Gasteiger charge is 2.27. The molecule has 0 unspecified atom stereocenters. The quantitative estimate of drug-likeness (QED) is 0.511. The van der Waals surface area contributed by atoms with E-state index in [2.05, 4.69) is 4.72 Å². The predicted octanol–water partition coefficient (Wildman–Crippen LogP) is 0.0524. The molecule has 0 saturated heterocycles. The van der Waals surface area contributed by atoms with Crippen LogP contribution in [0.5, 0.6) is 5.75 Å². The van der Waals surface area contributed by atoms with E-state index in [-0.39, 0.29) is 28.3 Å². The fraction of sp³-hybridized carbons (Fsp3) is 0.571. The van der Waals surface area contributed by atoms with Gasteiger partial charge in [-0.05, 0) is 12.1 Å². The zero-order valence-electron chi connectivity index (χ0n) is 14.0. The minimum Gasteiger partial charge on any atom is -0.490 e. The first-order chi connectivity index (χ1) is 10.5. The summed E-state index contributed by atoms with van der Waals surface area (Å²) in [5.74, 6) is 0.0190. The minimum absolute atomic E-state index is 0.0190. The summed E-state index contributed by atoms with van der Waals surface area (Å²) in [6, 6.07) is 3.57. The number of hydrogen-bond donors (Lipinski definition) is 2. The number of benzene rings is 1. The Morgan fingerprint density at radius 3 is 2.43 bits per heavy atom. The van der Waals surface area contributed by atoms with Crippen LogP contribution in [0.15, 0.2) is 23.1 Å². The summed E-state index contributed by atoms with van der Waals surface area (Å²) < 4.78 is 32.1. The minimum atomic E-state index is -3.83. The summed E-state index contributed by atoms with van der Waals surface area (Å²) in [7, 11) is 1.44. The second-order valence-electron chi connectivity index (χ2n) is 6.46. The lowest BCUT2D eigenvalue weighted by Gasteiger charge is -2.26. The molecule has 0 aliphatic rings. The van der Waals surface area contributed by atoms with Crippen molar-refractivity contribution < 1.29 is 23.0 Å². The van der Waals surface area contributed by atoms with Crippen molar-refractivity contribution in [1.29, 1.82) is 0 Å². The fourth-order valence-electron chi connectivity index (χ4n) is 2.37. The lowest BCUT2D eigenvalue weighted by molar-refractivity contribution is -0.865. The molecule has 0 saturated carbocycles. The van der Waals surface area contributed by atoms with E-state index in [1.807, 2.05) is 27.9 Å². The Morgan fingerprint density at radius 2 is 1.96 bits per heavy atom. The Balaban J connectivity index is 3.01. The van der Waals surface area contributed by atoms with Gasteiger partial charge >= 0.3 is 5.69 Å². The van der Waals surface area contributed by atoms with E-state index >= 15 is 0 Å². The molecule has 9 heteroatoms. The Hall–Kier alpha value is -1.71. The Morgan fingerprint density at radius 1 is 1.35 bits per heavy atom. The lowest BCUT2D eigenvalue weighted by atomic mass is 9.93. The average Bonchev–Trinajstić information content (AvgIpc) is 2.43. The van der Waals surface area contributed by atoms with Gasteiger partial charge in [0.05, 0.1) is 37.6 Å². The van der Waals surface area contributed by atoms with Gasteiger partial charge in [0.15, 0.2) is 5.75 Å². The Kier molecular flexibility index (Phi) is 6.09. The number of hydrogen-bond acceptors (Lipinski definition) is 5. The number of nitrogens with one attached hydrogen (secondary N) is 2. The van der Waals surface area contributed by atoms with Crippen LogP contribution in [-0.4, -0.2) is 47.6 Å². The molecule has 0 aliphatic carbocycles. The summed E-state index contributed by atoms with van der Waals surface area (Å²) in [4.78, 5) is 11.4. The molecule has 0 bridgehead atoms. The second-order valence-corrected chi connectivity index (χ2v) is 8.23.